The van der Waals surface area contributed by atoms with E-state index in [1.165, 1.54) is 0 Å². The van der Waals surface area contributed by atoms with Gasteiger partial charge in [-0.05, 0) is 25.2 Å². The quantitative estimate of drug-likeness (QED) is 0.910. The van der Waals surface area contributed by atoms with E-state index < -0.39 is 23.7 Å². The monoisotopic (exact) mass is 270 g/mol. The zero-order valence-corrected chi connectivity index (χ0v) is 10.6. The first kappa shape index (κ1) is 13.8. The van der Waals surface area contributed by atoms with Crippen LogP contribution in [0.2, 0.25) is 0 Å². The molecule has 1 aromatic heterocycles. The van der Waals surface area contributed by atoms with E-state index in [0.717, 1.165) is 31.9 Å². The Morgan fingerprint density at radius 2 is 2.26 bits per heavy atom. The molecule has 1 heterocycles. The number of aromatic carboxylic acids is 1. The summed E-state index contributed by atoms with van der Waals surface area (Å²) in [7, 11) is 0. The summed E-state index contributed by atoms with van der Waals surface area (Å²) < 4.78 is 25.7. The minimum Gasteiger partial charge on any atom is -0.478 e. The highest BCUT2D eigenvalue weighted by Crippen LogP contribution is 2.38. The Bertz CT molecular complexity index is 480. The lowest BCUT2D eigenvalue weighted by molar-refractivity contribution is 0.0681. The number of hydrogen-bond acceptors (Lipinski definition) is 3. The molecule has 0 aliphatic heterocycles. The van der Waals surface area contributed by atoms with Gasteiger partial charge in [-0.15, -0.1) is 0 Å². The molecule has 1 aliphatic carbocycles. The number of aromatic nitrogens is 2. The van der Waals surface area contributed by atoms with Gasteiger partial charge in [-0.1, -0.05) is 13.3 Å². The Morgan fingerprint density at radius 1 is 1.53 bits per heavy atom. The van der Waals surface area contributed by atoms with Gasteiger partial charge in [0.1, 0.15) is 17.1 Å². The molecule has 1 aliphatic rings. The number of carboxylic acid groups (broad SMARTS) is 1. The van der Waals surface area contributed by atoms with Crippen LogP contribution in [-0.2, 0) is 0 Å². The molecule has 0 radical (unpaired) electrons. The first-order valence-corrected chi connectivity index (χ1v) is 6.41. The summed E-state index contributed by atoms with van der Waals surface area (Å²) in [6, 6.07) is 0. The second kappa shape index (κ2) is 5.59. The van der Waals surface area contributed by atoms with Crippen molar-refractivity contribution in [3.63, 3.8) is 0 Å². The lowest BCUT2D eigenvalue weighted by Crippen LogP contribution is -2.11. The van der Waals surface area contributed by atoms with Crippen molar-refractivity contribution in [2.24, 2.45) is 5.92 Å². The van der Waals surface area contributed by atoms with Gasteiger partial charge in [0.05, 0.1) is 0 Å². The summed E-state index contributed by atoms with van der Waals surface area (Å²) in [6.07, 6.45) is 2.00. The molecule has 1 N–H and O–H groups in total. The Kier molecular flexibility index (Phi) is 4.07. The van der Waals surface area contributed by atoms with E-state index in [1.54, 1.807) is 0 Å². The molecule has 19 heavy (non-hydrogen) atoms. The molecule has 2 unspecified atom stereocenters. The molecule has 0 amide bonds. The highest BCUT2D eigenvalue weighted by atomic mass is 19.3. The van der Waals surface area contributed by atoms with Crippen molar-refractivity contribution in [3.05, 3.63) is 23.3 Å². The third-order valence-electron chi connectivity index (χ3n) is 3.76. The molecule has 0 bridgehead atoms. The lowest BCUT2D eigenvalue weighted by Gasteiger charge is -2.11. The van der Waals surface area contributed by atoms with Crippen LogP contribution in [0.25, 0.3) is 0 Å². The standard InChI is InChI=1S/C13H16F2N2O2/c1-2-7-3-4-8(5-7)12-16-6-9(13(18)19)10(17-12)11(14)15/h6-8,11H,2-5H2,1H3,(H,18,19). The Balaban J connectivity index is 2.28. The normalized spacial score (nSPS) is 22.9. The molecule has 0 spiro atoms. The van der Waals surface area contributed by atoms with Crippen LogP contribution < -0.4 is 0 Å². The van der Waals surface area contributed by atoms with Gasteiger partial charge in [0, 0.05) is 12.1 Å². The van der Waals surface area contributed by atoms with E-state index in [0.29, 0.717) is 11.7 Å². The zero-order chi connectivity index (χ0) is 14.0. The molecule has 2 atom stereocenters. The highest BCUT2D eigenvalue weighted by molar-refractivity contribution is 5.88. The lowest BCUT2D eigenvalue weighted by atomic mass is 10.0. The molecule has 0 aromatic carbocycles. The van der Waals surface area contributed by atoms with Crippen molar-refractivity contribution in [2.45, 2.75) is 45.0 Å². The van der Waals surface area contributed by atoms with Crippen LogP contribution in [0.4, 0.5) is 8.78 Å². The summed E-state index contributed by atoms with van der Waals surface area (Å²) in [6.45, 7) is 2.10. The minimum absolute atomic E-state index is 0.0743. The molecular formula is C13H16F2N2O2. The Morgan fingerprint density at radius 3 is 2.79 bits per heavy atom. The van der Waals surface area contributed by atoms with Crippen LogP contribution >= 0.6 is 0 Å². The SMILES string of the molecule is CCC1CCC(c2ncc(C(=O)O)c(C(F)F)n2)C1. The van der Waals surface area contributed by atoms with E-state index in [4.69, 9.17) is 5.11 Å². The van der Waals surface area contributed by atoms with Gasteiger partial charge in [0.2, 0.25) is 0 Å². The fourth-order valence-electron chi connectivity index (χ4n) is 2.62. The van der Waals surface area contributed by atoms with Gasteiger partial charge in [-0.25, -0.2) is 23.5 Å². The largest absolute Gasteiger partial charge is 0.478 e. The number of carbonyl (C=O) groups is 1. The third-order valence-corrected chi connectivity index (χ3v) is 3.76. The van der Waals surface area contributed by atoms with E-state index in [-0.39, 0.29) is 5.92 Å². The summed E-state index contributed by atoms with van der Waals surface area (Å²) in [5.74, 6) is -0.399. The first-order chi connectivity index (χ1) is 9.02. The average Bonchev–Trinajstić information content (AvgIpc) is 2.86. The maximum absolute atomic E-state index is 12.8. The summed E-state index contributed by atoms with van der Waals surface area (Å²) >= 11 is 0. The number of rotatable bonds is 4. The molecule has 1 fully saturated rings. The van der Waals surface area contributed by atoms with Crippen molar-refractivity contribution in [2.75, 3.05) is 0 Å². The van der Waals surface area contributed by atoms with Gasteiger partial charge in [0.25, 0.3) is 6.43 Å². The smallest absolute Gasteiger partial charge is 0.339 e. The van der Waals surface area contributed by atoms with Crippen molar-refractivity contribution >= 4 is 5.97 Å². The topological polar surface area (TPSA) is 63.1 Å². The van der Waals surface area contributed by atoms with Crippen LogP contribution in [-0.4, -0.2) is 21.0 Å². The first-order valence-electron chi connectivity index (χ1n) is 6.41. The fourth-order valence-corrected chi connectivity index (χ4v) is 2.62. The predicted octanol–water partition coefficient (Wildman–Crippen LogP) is 3.41. The number of carboxylic acids is 1. The molecular weight excluding hydrogens is 254 g/mol. The fraction of sp³-hybridized carbons (Fsp3) is 0.615. The van der Waals surface area contributed by atoms with Gasteiger partial charge >= 0.3 is 5.97 Å². The molecule has 104 valence electrons. The van der Waals surface area contributed by atoms with Crippen molar-refractivity contribution < 1.29 is 18.7 Å². The number of hydrogen-bond donors (Lipinski definition) is 1. The number of halogens is 2. The van der Waals surface area contributed by atoms with E-state index in [9.17, 15) is 13.6 Å². The molecule has 1 saturated carbocycles. The zero-order valence-electron chi connectivity index (χ0n) is 10.6. The van der Waals surface area contributed by atoms with Crippen molar-refractivity contribution in [1.29, 1.82) is 0 Å². The second-order valence-corrected chi connectivity index (χ2v) is 4.92. The van der Waals surface area contributed by atoms with Crippen LogP contribution in [0.5, 0.6) is 0 Å². The summed E-state index contributed by atoms with van der Waals surface area (Å²) in [4.78, 5) is 18.6. The van der Waals surface area contributed by atoms with Gasteiger partial charge in [-0.2, -0.15) is 0 Å². The average molecular weight is 270 g/mol. The van der Waals surface area contributed by atoms with Crippen LogP contribution in [0, 0.1) is 5.92 Å². The number of alkyl halides is 2. The van der Waals surface area contributed by atoms with Crippen LogP contribution in [0.3, 0.4) is 0 Å². The maximum atomic E-state index is 12.8. The Hall–Kier alpha value is -1.59. The number of nitrogens with zero attached hydrogens (tertiary/aromatic N) is 2. The molecule has 2 rings (SSSR count). The molecule has 4 nitrogen and oxygen atoms in total. The van der Waals surface area contributed by atoms with Gasteiger partial charge in [-0.3, -0.25) is 0 Å². The van der Waals surface area contributed by atoms with Crippen LogP contribution in [0.15, 0.2) is 6.20 Å². The summed E-state index contributed by atoms with van der Waals surface area (Å²) in [5, 5.41) is 8.84. The summed E-state index contributed by atoms with van der Waals surface area (Å²) in [5.41, 5.74) is -1.18. The highest BCUT2D eigenvalue weighted by Gasteiger charge is 2.29. The van der Waals surface area contributed by atoms with Crippen molar-refractivity contribution in [3.8, 4) is 0 Å². The van der Waals surface area contributed by atoms with Crippen LogP contribution in [0.1, 0.15) is 66.8 Å². The second-order valence-electron chi connectivity index (χ2n) is 4.92. The van der Waals surface area contributed by atoms with Gasteiger partial charge in [0.15, 0.2) is 0 Å². The van der Waals surface area contributed by atoms with E-state index >= 15 is 0 Å². The third kappa shape index (κ3) is 2.88. The molecule has 6 heteroatoms. The Labute approximate surface area is 109 Å². The molecule has 0 saturated heterocycles. The minimum atomic E-state index is -2.89. The molecule has 1 aromatic rings. The van der Waals surface area contributed by atoms with Gasteiger partial charge < -0.3 is 5.11 Å². The van der Waals surface area contributed by atoms with Crippen molar-refractivity contribution in [1.82, 2.24) is 9.97 Å². The van der Waals surface area contributed by atoms with E-state index in [1.807, 2.05) is 0 Å². The maximum Gasteiger partial charge on any atom is 0.339 e. The predicted molar refractivity (Wildman–Crippen MR) is 64.3 cm³/mol. The van der Waals surface area contributed by atoms with E-state index in [2.05, 4.69) is 16.9 Å².